The van der Waals surface area contributed by atoms with Crippen molar-refractivity contribution in [2.24, 2.45) is 0 Å². The number of anilines is 2. The first-order valence-electron chi connectivity index (χ1n) is 8.19. The summed E-state index contributed by atoms with van der Waals surface area (Å²) in [7, 11) is 0. The number of aliphatic hydroxyl groups is 2. The quantitative estimate of drug-likeness (QED) is 0.885. The molecule has 4 nitrogen and oxygen atoms in total. The van der Waals surface area contributed by atoms with Crippen LogP contribution in [-0.4, -0.2) is 35.6 Å². The molecule has 0 saturated carbocycles. The van der Waals surface area contributed by atoms with Crippen molar-refractivity contribution in [2.75, 3.05) is 23.1 Å². The highest BCUT2D eigenvalue weighted by molar-refractivity contribution is 5.77. The van der Waals surface area contributed by atoms with Crippen molar-refractivity contribution in [3.8, 4) is 0 Å². The fraction of sp³-hybridized carbons (Fsp3) is 0.368. The average molecular weight is 330 g/mol. The number of aliphatic hydroxyl groups excluding tert-OH is 2. The zero-order valence-corrected chi connectivity index (χ0v) is 13.9. The summed E-state index contributed by atoms with van der Waals surface area (Å²) in [5.74, 6) is -0.278. The molecule has 0 aliphatic carbocycles. The molecule has 1 aliphatic rings. The molecule has 0 bridgehead atoms. The van der Waals surface area contributed by atoms with E-state index in [9.17, 15) is 14.6 Å². The van der Waals surface area contributed by atoms with Crippen molar-refractivity contribution in [2.45, 2.75) is 32.0 Å². The van der Waals surface area contributed by atoms with Crippen molar-refractivity contribution >= 4 is 11.4 Å². The van der Waals surface area contributed by atoms with E-state index in [-0.39, 0.29) is 18.5 Å². The molecule has 5 heteroatoms. The van der Waals surface area contributed by atoms with Crippen LogP contribution in [0, 0.1) is 5.82 Å². The highest BCUT2D eigenvalue weighted by Crippen LogP contribution is 2.43. The van der Waals surface area contributed by atoms with Gasteiger partial charge in [0, 0.05) is 6.04 Å². The van der Waals surface area contributed by atoms with E-state index < -0.39 is 12.1 Å². The molecule has 2 atom stereocenters. The standard InChI is InChI=1S/C19H23FN2O2/c1-13(2)21-12-22(16-9-8-15(20)10-17(16)21)19(18(24)11-23)14-6-4-3-5-7-14/h3-10,13,18-19,23-24H,11-12H2,1-2H3/t18-,19+/m1/s1. The Bertz CT molecular complexity index is 693. The third-order valence-electron chi connectivity index (χ3n) is 4.51. The fourth-order valence-corrected chi connectivity index (χ4v) is 3.33. The number of hydrogen-bond acceptors (Lipinski definition) is 4. The minimum absolute atomic E-state index is 0.193. The van der Waals surface area contributed by atoms with Crippen molar-refractivity contribution in [1.82, 2.24) is 0 Å². The lowest BCUT2D eigenvalue weighted by atomic mass is 10.00. The molecule has 1 heterocycles. The molecule has 3 rings (SSSR count). The third-order valence-corrected chi connectivity index (χ3v) is 4.51. The van der Waals surface area contributed by atoms with E-state index in [0.29, 0.717) is 6.67 Å². The van der Waals surface area contributed by atoms with Crippen LogP contribution in [0.2, 0.25) is 0 Å². The summed E-state index contributed by atoms with van der Waals surface area (Å²) in [5.41, 5.74) is 2.60. The summed E-state index contributed by atoms with van der Waals surface area (Å²) in [4.78, 5) is 4.13. The van der Waals surface area contributed by atoms with Gasteiger partial charge in [0.15, 0.2) is 0 Å². The number of fused-ring (bicyclic) bond motifs is 1. The van der Waals surface area contributed by atoms with Gasteiger partial charge in [0.05, 0.1) is 30.7 Å². The van der Waals surface area contributed by atoms with Gasteiger partial charge in [-0.05, 0) is 37.6 Å². The average Bonchev–Trinajstić information content (AvgIpc) is 2.94. The number of benzene rings is 2. The Labute approximate surface area is 141 Å². The first-order chi connectivity index (χ1) is 11.5. The Morgan fingerprint density at radius 1 is 1.04 bits per heavy atom. The molecule has 2 aromatic carbocycles. The topological polar surface area (TPSA) is 46.9 Å². The normalized spacial score (nSPS) is 16.4. The SMILES string of the molecule is CC(C)N1CN([C@@H](c2ccccc2)[C@H](O)CO)c2ccc(F)cc21. The maximum atomic E-state index is 13.7. The summed E-state index contributed by atoms with van der Waals surface area (Å²) < 4.78 is 13.7. The molecule has 128 valence electrons. The van der Waals surface area contributed by atoms with Crippen LogP contribution in [0.1, 0.15) is 25.5 Å². The molecule has 1 aliphatic heterocycles. The summed E-state index contributed by atoms with van der Waals surface area (Å²) in [5, 5.41) is 20.0. The zero-order chi connectivity index (χ0) is 17.3. The van der Waals surface area contributed by atoms with Crippen LogP contribution in [0.3, 0.4) is 0 Å². The summed E-state index contributed by atoms with van der Waals surface area (Å²) >= 11 is 0. The first kappa shape index (κ1) is 16.7. The van der Waals surface area contributed by atoms with Crippen LogP contribution in [0.15, 0.2) is 48.5 Å². The van der Waals surface area contributed by atoms with E-state index in [1.54, 1.807) is 6.07 Å². The molecule has 24 heavy (non-hydrogen) atoms. The third kappa shape index (κ3) is 2.97. The van der Waals surface area contributed by atoms with Gasteiger partial charge in [-0.3, -0.25) is 0 Å². The molecule has 0 aromatic heterocycles. The minimum atomic E-state index is -0.933. The Hall–Kier alpha value is -2.11. The zero-order valence-electron chi connectivity index (χ0n) is 13.9. The molecule has 2 N–H and O–H groups in total. The van der Waals surface area contributed by atoms with Gasteiger partial charge >= 0.3 is 0 Å². The Morgan fingerprint density at radius 3 is 2.38 bits per heavy atom. The van der Waals surface area contributed by atoms with Gasteiger partial charge in [-0.2, -0.15) is 0 Å². The second-order valence-corrected chi connectivity index (χ2v) is 6.41. The van der Waals surface area contributed by atoms with Gasteiger partial charge in [0.1, 0.15) is 11.9 Å². The Kier molecular flexibility index (Phi) is 4.73. The van der Waals surface area contributed by atoms with Crippen molar-refractivity contribution in [3.05, 3.63) is 59.9 Å². The number of hydrogen-bond donors (Lipinski definition) is 2. The molecule has 2 aromatic rings. The van der Waals surface area contributed by atoms with Crippen LogP contribution in [0.25, 0.3) is 0 Å². The fourth-order valence-electron chi connectivity index (χ4n) is 3.33. The predicted octanol–water partition coefficient (Wildman–Crippen LogP) is 2.91. The number of rotatable bonds is 5. The second-order valence-electron chi connectivity index (χ2n) is 6.41. The molecule has 0 fully saturated rings. The smallest absolute Gasteiger partial charge is 0.125 e. The van der Waals surface area contributed by atoms with Gasteiger partial charge in [-0.15, -0.1) is 0 Å². The van der Waals surface area contributed by atoms with Crippen LogP contribution < -0.4 is 9.80 Å². The maximum Gasteiger partial charge on any atom is 0.125 e. The van der Waals surface area contributed by atoms with Gasteiger partial charge < -0.3 is 20.0 Å². The lowest BCUT2D eigenvalue weighted by Gasteiger charge is -2.34. The molecule has 0 saturated heterocycles. The van der Waals surface area contributed by atoms with Crippen LogP contribution in [-0.2, 0) is 0 Å². The second kappa shape index (κ2) is 6.79. The van der Waals surface area contributed by atoms with E-state index in [1.807, 2.05) is 35.2 Å². The first-order valence-corrected chi connectivity index (χ1v) is 8.19. The highest BCUT2D eigenvalue weighted by Gasteiger charge is 2.36. The van der Waals surface area contributed by atoms with Crippen LogP contribution in [0.4, 0.5) is 15.8 Å². The van der Waals surface area contributed by atoms with E-state index in [4.69, 9.17) is 0 Å². The lowest BCUT2D eigenvalue weighted by molar-refractivity contribution is 0.0716. The van der Waals surface area contributed by atoms with Gasteiger partial charge in [-0.25, -0.2) is 4.39 Å². The minimum Gasteiger partial charge on any atom is -0.394 e. The summed E-state index contributed by atoms with van der Waals surface area (Å²) in [6.45, 7) is 4.30. The Balaban J connectivity index is 2.06. The van der Waals surface area contributed by atoms with E-state index in [1.165, 1.54) is 12.1 Å². The summed E-state index contributed by atoms with van der Waals surface area (Å²) in [6.07, 6.45) is -0.933. The number of nitrogens with zero attached hydrogens (tertiary/aromatic N) is 2. The van der Waals surface area contributed by atoms with E-state index >= 15 is 0 Å². The van der Waals surface area contributed by atoms with Gasteiger partial charge in [-0.1, -0.05) is 30.3 Å². The molecule has 0 spiro atoms. The van der Waals surface area contributed by atoms with E-state index in [2.05, 4.69) is 18.7 Å². The molecule has 0 radical (unpaired) electrons. The largest absolute Gasteiger partial charge is 0.394 e. The van der Waals surface area contributed by atoms with Gasteiger partial charge in [0.25, 0.3) is 0 Å². The summed E-state index contributed by atoms with van der Waals surface area (Å²) in [6, 6.07) is 14.1. The monoisotopic (exact) mass is 330 g/mol. The molecule has 0 unspecified atom stereocenters. The molecule has 0 amide bonds. The van der Waals surface area contributed by atoms with Crippen molar-refractivity contribution in [3.63, 3.8) is 0 Å². The van der Waals surface area contributed by atoms with Gasteiger partial charge in [0.2, 0.25) is 0 Å². The lowest BCUT2D eigenvalue weighted by Crippen LogP contribution is -2.42. The van der Waals surface area contributed by atoms with Crippen LogP contribution in [0.5, 0.6) is 0 Å². The highest BCUT2D eigenvalue weighted by atomic mass is 19.1. The van der Waals surface area contributed by atoms with Crippen molar-refractivity contribution in [1.29, 1.82) is 0 Å². The van der Waals surface area contributed by atoms with Crippen molar-refractivity contribution < 1.29 is 14.6 Å². The maximum absolute atomic E-state index is 13.7. The van der Waals surface area contributed by atoms with Crippen LogP contribution >= 0.6 is 0 Å². The molecular weight excluding hydrogens is 307 g/mol. The molecular formula is C19H23FN2O2. The predicted molar refractivity (Wildman–Crippen MR) is 93.6 cm³/mol. The number of halogens is 1. The Morgan fingerprint density at radius 2 is 1.75 bits per heavy atom. The van der Waals surface area contributed by atoms with E-state index in [0.717, 1.165) is 16.9 Å².